The molecule has 1 aromatic carbocycles. The van der Waals surface area contributed by atoms with Crippen LogP contribution in [0.2, 0.25) is 0 Å². The van der Waals surface area contributed by atoms with Gasteiger partial charge in [0.05, 0.1) is 16.3 Å². The zero-order valence-electron chi connectivity index (χ0n) is 10.1. The Hall–Kier alpha value is -2.76. The van der Waals surface area contributed by atoms with Gasteiger partial charge in [-0.2, -0.15) is 5.10 Å². The van der Waals surface area contributed by atoms with E-state index in [-0.39, 0.29) is 5.69 Å². The Bertz CT molecular complexity index is 765. The number of aryl methyl sites for hydroxylation is 1. The predicted octanol–water partition coefficient (Wildman–Crippen LogP) is 2.64. The van der Waals surface area contributed by atoms with Crippen molar-refractivity contribution >= 4 is 16.7 Å². The van der Waals surface area contributed by atoms with Crippen LogP contribution in [-0.2, 0) is 0 Å². The lowest BCUT2D eigenvalue weighted by Crippen LogP contribution is -1.97. The van der Waals surface area contributed by atoms with Gasteiger partial charge >= 0.3 is 0 Å². The summed E-state index contributed by atoms with van der Waals surface area (Å²) in [6, 6.07) is 11.1. The second-order valence-corrected chi connectivity index (χ2v) is 4.15. The average molecular weight is 254 g/mol. The van der Waals surface area contributed by atoms with Crippen LogP contribution < -0.4 is 0 Å². The molecule has 0 amide bonds. The molecule has 0 aliphatic heterocycles. The summed E-state index contributed by atoms with van der Waals surface area (Å²) in [5, 5.41) is 15.9. The molecule has 0 saturated carbocycles. The second kappa shape index (κ2) is 4.16. The van der Waals surface area contributed by atoms with Crippen LogP contribution >= 0.6 is 0 Å². The van der Waals surface area contributed by atoms with E-state index in [0.717, 1.165) is 11.4 Å². The highest BCUT2D eigenvalue weighted by Crippen LogP contribution is 2.23. The first-order chi connectivity index (χ1) is 9.16. The Morgan fingerprint density at radius 2 is 2.00 bits per heavy atom. The molecule has 0 aliphatic rings. The molecule has 0 aliphatic carbocycles. The van der Waals surface area contributed by atoms with Gasteiger partial charge in [-0.05, 0) is 19.1 Å². The molecule has 0 atom stereocenters. The van der Waals surface area contributed by atoms with Crippen molar-refractivity contribution in [3.63, 3.8) is 0 Å². The quantitative estimate of drug-likeness (QED) is 0.520. The largest absolute Gasteiger partial charge is 0.288 e. The summed E-state index contributed by atoms with van der Waals surface area (Å²) in [4.78, 5) is 14.5. The van der Waals surface area contributed by atoms with Gasteiger partial charge in [0.1, 0.15) is 6.20 Å². The zero-order valence-corrected chi connectivity index (χ0v) is 10.1. The minimum atomic E-state index is -0.453. The molecule has 2 aromatic heterocycles. The van der Waals surface area contributed by atoms with Gasteiger partial charge in [0.15, 0.2) is 5.65 Å². The average Bonchev–Trinajstić information content (AvgIpc) is 2.77. The Labute approximate surface area is 108 Å². The molecule has 0 unspecified atom stereocenters. The first-order valence-electron chi connectivity index (χ1n) is 5.72. The molecule has 0 spiro atoms. The van der Waals surface area contributed by atoms with Gasteiger partial charge in [-0.25, -0.2) is 9.67 Å². The number of nitro groups is 1. The van der Waals surface area contributed by atoms with E-state index in [1.54, 1.807) is 4.68 Å². The lowest BCUT2D eigenvalue weighted by molar-refractivity contribution is -0.385. The standard InChI is InChI=1S/C13H10N4O2/c1-9-12-7-11(17(18)19)8-14-13(12)16(15-9)10-5-3-2-4-6-10/h2-8H,1H3. The van der Waals surface area contributed by atoms with E-state index in [2.05, 4.69) is 10.1 Å². The van der Waals surface area contributed by atoms with E-state index in [9.17, 15) is 10.1 Å². The van der Waals surface area contributed by atoms with Gasteiger partial charge in [-0.3, -0.25) is 10.1 Å². The molecule has 0 bridgehead atoms. The summed E-state index contributed by atoms with van der Waals surface area (Å²) >= 11 is 0. The summed E-state index contributed by atoms with van der Waals surface area (Å²) in [5.41, 5.74) is 2.19. The van der Waals surface area contributed by atoms with Gasteiger partial charge in [-0.15, -0.1) is 0 Å². The number of para-hydroxylation sites is 1. The highest BCUT2D eigenvalue weighted by Gasteiger charge is 2.14. The molecule has 2 heterocycles. The Kier molecular flexibility index (Phi) is 2.49. The summed E-state index contributed by atoms with van der Waals surface area (Å²) < 4.78 is 1.69. The minimum absolute atomic E-state index is 0.0248. The lowest BCUT2D eigenvalue weighted by Gasteiger charge is -2.01. The summed E-state index contributed by atoms with van der Waals surface area (Å²) in [5.74, 6) is 0. The van der Waals surface area contributed by atoms with Crippen molar-refractivity contribution in [1.82, 2.24) is 14.8 Å². The van der Waals surface area contributed by atoms with E-state index < -0.39 is 4.92 Å². The summed E-state index contributed by atoms with van der Waals surface area (Å²) in [7, 11) is 0. The van der Waals surface area contributed by atoms with Gasteiger partial charge in [0, 0.05) is 11.5 Å². The monoisotopic (exact) mass is 254 g/mol. The number of benzene rings is 1. The molecule has 0 radical (unpaired) electrons. The molecule has 6 heteroatoms. The van der Waals surface area contributed by atoms with E-state index in [1.807, 2.05) is 37.3 Å². The van der Waals surface area contributed by atoms with Gasteiger partial charge in [0.25, 0.3) is 5.69 Å². The van der Waals surface area contributed by atoms with E-state index >= 15 is 0 Å². The van der Waals surface area contributed by atoms with Crippen molar-refractivity contribution in [1.29, 1.82) is 0 Å². The highest BCUT2D eigenvalue weighted by molar-refractivity contribution is 5.81. The van der Waals surface area contributed by atoms with Crippen molar-refractivity contribution in [2.24, 2.45) is 0 Å². The van der Waals surface area contributed by atoms with Crippen LogP contribution in [0.3, 0.4) is 0 Å². The third-order valence-corrected chi connectivity index (χ3v) is 2.90. The van der Waals surface area contributed by atoms with Gasteiger partial charge in [-0.1, -0.05) is 18.2 Å². The third kappa shape index (κ3) is 1.83. The van der Waals surface area contributed by atoms with Crippen LogP contribution in [0.25, 0.3) is 16.7 Å². The van der Waals surface area contributed by atoms with Crippen molar-refractivity contribution in [2.75, 3.05) is 0 Å². The molecule has 3 rings (SSSR count). The first-order valence-corrected chi connectivity index (χ1v) is 5.72. The molecule has 0 N–H and O–H groups in total. The van der Waals surface area contributed by atoms with Crippen LogP contribution in [0.15, 0.2) is 42.6 Å². The smallest absolute Gasteiger partial charge is 0.258 e. The molecule has 0 saturated heterocycles. The predicted molar refractivity (Wildman–Crippen MR) is 70.3 cm³/mol. The van der Waals surface area contributed by atoms with Crippen molar-refractivity contribution in [2.45, 2.75) is 6.92 Å². The maximum Gasteiger partial charge on any atom is 0.288 e. The number of rotatable bonds is 2. The first kappa shape index (κ1) is 11.3. The van der Waals surface area contributed by atoms with Crippen LogP contribution in [0.4, 0.5) is 5.69 Å². The molecular formula is C13H10N4O2. The molecule has 6 nitrogen and oxygen atoms in total. The SMILES string of the molecule is Cc1nn(-c2ccccc2)c2ncc([N+](=O)[O-])cc12. The Balaban J connectivity index is 2.26. The van der Waals surface area contributed by atoms with Crippen LogP contribution in [0.1, 0.15) is 5.69 Å². The fourth-order valence-electron chi connectivity index (χ4n) is 1.98. The lowest BCUT2D eigenvalue weighted by atomic mass is 10.2. The third-order valence-electron chi connectivity index (χ3n) is 2.90. The van der Waals surface area contributed by atoms with Crippen molar-refractivity contribution < 1.29 is 4.92 Å². The summed E-state index contributed by atoms with van der Waals surface area (Å²) in [6.45, 7) is 1.81. The van der Waals surface area contributed by atoms with Crippen LogP contribution in [-0.4, -0.2) is 19.7 Å². The summed E-state index contributed by atoms with van der Waals surface area (Å²) in [6.07, 6.45) is 1.25. The molecule has 0 fully saturated rings. The zero-order chi connectivity index (χ0) is 13.4. The van der Waals surface area contributed by atoms with Gasteiger partial charge < -0.3 is 0 Å². The Morgan fingerprint density at radius 3 is 2.68 bits per heavy atom. The minimum Gasteiger partial charge on any atom is -0.258 e. The number of nitrogens with zero attached hydrogens (tertiary/aromatic N) is 4. The van der Waals surface area contributed by atoms with E-state index in [0.29, 0.717) is 11.0 Å². The van der Waals surface area contributed by atoms with Crippen molar-refractivity contribution in [3.05, 3.63) is 58.4 Å². The van der Waals surface area contributed by atoms with E-state index in [4.69, 9.17) is 0 Å². The topological polar surface area (TPSA) is 73.8 Å². The van der Waals surface area contributed by atoms with E-state index in [1.165, 1.54) is 12.3 Å². The second-order valence-electron chi connectivity index (χ2n) is 4.15. The number of pyridine rings is 1. The molecule has 3 aromatic rings. The number of aromatic nitrogens is 3. The van der Waals surface area contributed by atoms with Crippen LogP contribution in [0, 0.1) is 17.0 Å². The molecule has 94 valence electrons. The number of hydrogen-bond acceptors (Lipinski definition) is 4. The van der Waals surface area contributed by atoms with Crippen LogP contribution in [0.5, 0.6) is 0 Å². The van der Waals surface area contributed by atoms with Crippen molar-refractivity contribution in [3.8, 4) is 5.69 Å². The number of fused-ring (bicyclic) bond motifs is 1. The highest BCUT2D eigenvalue weighted by atomic mass is 16.6. The number of hydrogen-bond donors (Lipinski definition) is 0. The molecule has 19 heavy (non-hydrogen) atoms. The Morgan fingerprint density at radius 1 is 1.26 bits per heavy atom. The molecular weight excluding hydrogens is 244 g/mol. The fraction of sp³-hybridized carbons (Fsp3) is 0.0769. The fourth-order valence-corrected chi connectivity index (χ4v) is 1.98. The van der Waals surface area contributed by atoms with Gasteiger partial charge in [0.2, 0.25) is 0 Å². The maximum atomic E-state index is 10.8. The maximum absolute atomic E-state index is 10.8. The normalized spacial score (nSPS) is 10.8.